The topological polar surface area (TPSA) is 134 Å². The largest absolute Gasteiger partial charge is 0.495 e. The fourth-order valence-corrected chi connectivity index (χ4v) is 2.67. The van der Waals surface area contributed by atoms with Gasteiger partial charge in [-0.1, -0.05) is 6.07 Å². The normalized spacial score (nSPS) is 11.4. The van der Waals surface area contributed by atoms with Crippen LogP contribution in [0.3, 0.4) is 0 Å². The van der Waals surface area contributed by atoms with E-state index in [1.54, 1.807) is 6.07 Å². The Morgan fingerprint density at radius 1 is 1.22 bits per heavy atom. The number of carbonyl (C=O) groups excluding carboxylic acids is 1. The van der Waals surface area contributed by atoms with E-state index in [4.69, 9.17) is 9.88 Å². The lowest BCUT2D eigenvalue weighted by Crippen LogP contribution is -2.15. The summed E-state index contributed by atoms with van der Waals surface area (Å²) in [6, 6.07) is 12.5. The zero-order chi connectivity index (χ0) is 20.0. The lowest BCUT2D eigenvalue weighted by atomic mass is 10.2. The van der Waals surface area contributed by atoms with Crippen LogP contribution in [0.15, 0.2) is 59.1 Å². The number of hydrogen-bond donors (Lipinski definition) is 3. The molecular formula is C18H18N4O4S. The number of anilines is 2. The molecule has 0 spiro atoms. The summed E-state index contributed by atoms with van der Waals surface area (Å²) in [5.41, 5.74) is 1.73. The van der Waals surface area contributed by atoms with E-state index in [0.29, 0.717) is 17.1 Å². The second-order valence-corrected chi connectivity index (χ2v) is 7.10. The van der Waals surface area contributed by atoms with Crippen LogP contribution in [-0.2, 0) is 14.8 Å². The third-order valence-corrected chi connectivity index (χ3v) is 4.46. The number of rotatable bonds is 6. The van der Waals surface area contributed by atoms with Crippen LogP contribution in [0.4, 0.5) is 11.4 Å². The van der Waals surface area contributed by atoms with Gasteiger partial charge in [0, 0.05) is 11.9 Å². The highest BCUT2D eigenvalue weighted by Gasteiger charge is 2.12. The minimum absolute atomic E-state index is 0.0789. The summed E-state index contributed by atoms with van der Waals surface area (Å²) in [7, 11) is -2.30. The molecule has 2 aromatic carbocycles. The second-order valence-electron chi connectivity index (χ2n) is 5.54. The number of methoxy groups -OCH3 is 1. The highest BCUT2D eigenvalue weighted by molar-refractivity contribution is 7.89. The summed E-state index contributed by atoms with van der Waals surface area (Å²) < 4.78 is 27.7. The van der Waals surface area contributed by atoms with Gasteiger partial charge in [-0.15, -0.1) is 0 Å². The molecule has 27 heavy (non-hydrogen) atoms. The van der Waals surface area contributed by atoms with Crippen molar-refractivity contribution in [3.8, 4) is 11.8 Å². The number of sulfonamides is 1. The fraction of sp³-hybridized carbons (Fsp3) is 0.111. The molecule has 0 heterocycles. The first-order chi connectivity index (χ1) is 12.7. The van der Waals surface area contributed by atoms with Crippen LogP contribution >= 0.6 is 0 Å². The molecule has 0 aliphatic heterocycles. The number of carbonyl (C=O) groups is 1. The number of nitrogens with two attached hydrogens (primary N) is 1. The first kappa shape index (κ1) is 20.0. The van der Waals surface area contributed by atoms with Crippen molar-refractivity contribution in [1.29, 1.82) is 5.26 Å². The van der Waals surface area contributed by atoms with Crippen molar-refractivity contribution in [3.05, 3.63) is 59.8 Å². The van der Waals surface area contributed by atoms with Gasteiger partial charge in [0.25, 0.3) is 5.91 Å². The number of primary sulfonamides is 1. The quantitative estimate of drug-likeness (QED) is 0.514. The van der Waals surface area contributed by atoms with Gasteiger partial charge in [-0.2, -0.15) is 5.26 Å². The fourth-order valence-electron chi connectivity index (χ4n) is 2.16. The van der Waals surface area contributed by atoms with Gasteiger partial charge in [0.2, 0.25) is 10.0 Å². The standard InChI is InChI=1S/C18H18N4O4S/c1-12-3-8-17(26-2)16(9-12)21-11-13(10-19)18(23)22-14-4-6-15(7-5-14)27(20,24)25/h3-9,11,21H,1-2H3,(H,22,23)(H2,20,24,25)/b13-11-. The van der Waals surface area contributed by atoms with Gasteiger partial charge in [0.1, 0.15) is 17.4 Å². The lowest BCUT2D eigenvalue weighted by Gasteiger charge is -2.10. The monoisotopic (exact) mass is 386 g/mol. The van der Waals surface area contributed by atoms with E-state index in [9.17, 15) is 18.5 Å². The molecule has 4 N–H and O–H groups in total. The van der Waals surface area contributed by atoms with Crippen LogP contribution in [0.1, 0.15) is 5.56 Å². The third-order valence-electron chi connectivity index (χ3n) is 3.53. The number of hydrogen-bond acceptors (Lipinski definition) is 6. The number of nitriles is 1. The zero-order valence-corrected chi connectivity index (χ0v) is 15.5. The number of nitrogens with zero attached hydrogens (tertiary/aromatic N) is 1. The molecular weight excluding hydrogens is 368 g/mol. The molecule has 0 saturated heterocycles. The average molecular weight is 386 g/mol. The molecule has 9 heteroatoms. The Bertz CT molecular complexity index is 1020. The van der Waals surface area contributed by atoms with Gasteiger partial charge in [0.05, 0.1) is 17.7 Å². The molecule has 0 aliphatic carbocycles. The third kappa shape index (κ3) is 5.31. The lowest BCUT2D eigenvalue weighted by molar-refractivity contribution is -0.112. The SMILES string of the molecule is COc1ccc(C)cc1N/C=C(/C#N)C(=O)Nc1ccc(S(N)(=O)=O)cc1. The first-order valence-electron chi connectivity index (χ1n) is 7.70. The summed E-state index contributed by atoms with van der Waals surface area (Å²) in [6.45, 7) is 1.90. The highest BCUT2D eigenvalue weighted by atomic mass is 32.2. The van der Waals surface area contributed by atoms with E-state index in [-0.39, 0.29) is 10.5 Å². The molecule has 0 aliphatic rings. The molecule has 2 rings (SSSR count). The van der Waals surface area contributed by atoms with Crippen molar-refractivity contribution in [1.82, 2.24) is 0 Å². The van der Waals surface area contributed by atoms with Gasteiger partial charge in [-0.05, 0) is 48.9 Å². The van der Waals surface area contributed by atoms with Crippen LogP contribution in [0.2, 0.25) is 0 Å². The van der Waals surface area contributed by atoms with Crippen LogP contribution in [0.5, 0.6) is 5.75 Å². The van der Waals surface area contributed by atoms with E-state index in [1.165, 1.54) is 37.6 Å². The summed E-state index contributed by atoms with van der Waals surface area (Å²) in [6.07, 6.45) is 1.27. The Labute approximate surface area is 157 Å². The maximum Gasteiger partial charge on any atom is 0.267 e. The van der Waals surface area contributed by atoms with E-state index in [1.807, 2.05) is 25.1 Å². The smallest absolute Gasteiger partial charge is 0.267 e. The maximum atomic E-state index is 12.3. The number of ether oxygens (including phenoxy) is 1. The number of amides is 1. The van der Waals surface area contributed by atoms with E-state index in [0.717, 1.165) is 5.56 Å². The number of nitrogens with one attached hydrogen (secondary N) is 2. The van der Waals surface area contributed by atoms with Crippen LogP contribution < -0.4 is 20.5 Å². The first-order valence-corrected chi connectivity index (χ1v) is 9.25. The molecule has 0 bridgehead atoms. The number of benzene rings is 2. The molecule has 0 unspecified atom stereocenters. The van der Waals surface area contributed by atoms with Gasteiger partial charge in [0.15, 0.2) is 0 Å². The van der Waals surface area contributed by atoms with Gasteiger partial charge >= 0.3 is 0 Å². The van der Waals surface area contributed by atoms with Crippen molar-refractivity contribution in [2.24, 2.45) is 5.14 Å². The molecule has 0 aromatic heterocycles. The van der Waals surface area contributed by atoms with Crippen LogP contribution in [0.25, 0.3) is 0 Å². The maximum absolute atomic E-state index is 12.3. The Balaban J connectivity index is 2.15. The Kier molecular flexibility index (Phi) is 6.18. The molecule has 0 radical (unpaired) electrons. The zero-order valence-electron chi connectivity index (χ0n) is 14.7. The molecule has 0 fully saturated rings. The predicted octanol–water partition coefficient (Wildman–Crippen LogP) is 2.11. The minimum atomic E-state index is -3.82. The number of aryl methyl sites for hydroxylation is 1. The summed E-state index contributed by atoms with van der Waals surface area (Å²) in [5, 5.41) is 19.7. The second kappa shape index (κ2) is 8.35. The summed E-state index contributed by atoms with van der Waals surface area (Å²) in [4.78, 5) is 12.2. The predicted molar refractivity (Wildman–Crippen MR) is 101 cm³/mol. The van der Waals surface area contributed by atoms with Crippen molar-refractivity contribution >= 4 is 27.3 Å². The summed E-state index contributed by atoms with van der Waals surface area (Å²) in [5.74, 6) is -0.0897. The van der Waals surface area contributed by atoms with Gasteiger partial charge < -0.3 is 15.4 Å². The van der Waals surface area contributed by atoms with Crippen LogP contribution in [0, 0.1) is 18.3 Å². The van der Waals surface area contributed by atoms with E-state index >= 15 is 0 Å². The molecule has 2 aromatic rings. The Morgan fingerprint density at radius 2 is 1.89 bits per heavy atom. The molecule has 140 valence electrons. The molecule has 1 amide bonds. The Hall–Kier alpha value is -3.35. The van der Waals surface area contributed by atoms with Crippen molar-refractivity contribution < 1.29 is 17.9 Å². The van der Waals surface area contributed by atoms with Crippen LogP contribution in [-0.4, -0.2) is 21.4 Å². The van der Waals surface area contributed by atoms with Crippen molar-refractivity contribution in [3.63, 3.8) is 0 Å². The van der Waals surface area contributed by atoms with Crippen molar-refractivity contribution in [2.75, 3.05) is 17.7 Å². The summed E-state index contributed by atoms with van der Waals surface area (Å²) >= 11 is 0. The minimum Gasteiger partial charge on any atom is -0.495 e. The van der Waals surface area contributed by atoms with Gasteiger partial charge in [-0.3, -0.25) is 4.79 Å². The molecule has 0 saturated carbocycles. The van der Waals surface area contributed by atoms with Gasteiger partial charge in [-0.25, -0.2) is 13.6 Å². The molecule has 0 atom stereocenters. The van der Waals surface area contributed by atoms with E-state index < -0.39 is 15.9 Å². The Morgan fingerprint density at radius 3 is 2.44 bits per heavy atom. The highest BCUT2D eigenvalue weighted by Crippen LogP contribution is 2.25. The van der Waals surface area contributed by atoms with E-state index in [2.05, 4.69) is 10.6 Å². The molecule has 8 nitrogen and oxygen atoms in total. The van der Waals surface area contributed by atoms with Crippen molar-refractivity contribution in [2.45, 2.75) is 11.8 Å². The average Bonchev–Trinajstić information content (AvgIpc) is 2.62.